The van der Waals surface area contributed by atoms with Crippen LogP contribution in [0.2, 0.25) is 0 Å². The van der Waals surface area contributed by atoms with Gasteiger partial charge in [-0.3, -0.25) is 14.6 Å². The van der Waals surface area contributed by atoms with Gasteiger partial charge < -0.3 is 29.7 Å². The molecule has 2 amide bonds. The van der Waals surface area contributed by atoms with Crippen molar-refractivity contribution >= 4 is 28.4 Å². The summed E-state index contributed by atoms with van der Waals surface area (Å²) >= 11 is 0. The molecule has 2 N–H and O–H groups in total. The number of aromatic nitrogens is 1. The van der Waals surface area contributed by atoms with Gasteiger partial charge in [-0.25, -0.2) is 4.39 Å². The maximum atomic E-state index is 14.9. The maximum Gasteiger partial charge on any atom is 0.313 e. The Labute approximate surface area is 227 Å². The predicted octanol–water partition coefficient (Wildman–Crippen LogP) is 4.61. The lowest BCUT2D eigenvalue weighted by atomic mass is 9.98. The number of piperidine rings is 1. The lowest BCUT2D eigenvalue weighted by molar-refractivity contribution is -0.136. The number of benzene rings is 2. The molecule has 0 atom stereocenters. The van der Waals surface area contributed by atoms with Gasteiger partial charge in [0.05, 0.1) is 13.7 Å². The second kappa shape index (κ2) is 12.8. The first-order valence-corrected chi connectivity index (χ1v) is 13.1. The first-order chi connectivity index (χ1) is 18.7. The minimum Gasteiger partial charge on any atom is -0.491 e. The number of rotatable bonds is 9. The molecule has 1 saturated heterocycles. The highest BCUT2D eigenvalue weighted by Gasteiger charge is 2.20. The lowest BCUT2D eigenvalue weighted by Crippen LogP contribution is -2.37. The second-order valence-electron chi connectivity index (χ2n) is 10.2. The normalized spacial score (nSPS) is 14.3. The molecule has 1 aromatic heterocycles. The highest BCUT2D eigenvalue weighted by Crippen LogP contribution is 2.40. The number of methoxy groups -OCH3 is 1. The van der Waals surface area contributed by atoms with E-state index in [9.17, 15) is 14.0 Å². The van der Waals surface area contributed by atoms with E-state index in [1.54, 1.807) is 19.4 Å². The summed E-state index contributed by atoms with van der Waals surface area (Å²) in [4.78, 5) is 30.8. The number of pyridine rings is 1. The van der Waals surface area contributed by atoms with E-state index in [0.717, 1.165) is 32.0 Å². The SMILES string of the molecule is COc1c(OCC2CCN(C)CC2)ccc2c(Oc3ccc(NC(=O)C(=O)NCC(C)C)cc3F)ccnc12. The molecule has 4 rings (SSSR count). The fourth-order valence-electron chi connectivity index (χ4n) is 4.33. The first kappa shape index (κ1) is 28.1. The number of hydrogen-bond donors (Lipinski definition) is 2. The average Bonchev–Trinajstić information content (AvgIpc) is 2.92. The van der Waals surface area contributed by atoms with Gasteiger partial charge in [-0.15, -0.1) is 0 Å². The molecule has 10 heteroatoms. The van der Waals surface area contributed by atoms with E-state index in [0.29, 0.717) is 47.2 Å². The van der Waals surface area contributed by atoms with E-state index >= 15 is 0 Å². The van der Waals surface area contributed by atoms with Gasteiger partial charge in [-0.05, 0) is 75.1 Å². The standard InChI is InChI=1S/C29H35FN4O5/c1-18(2)16-32-28(35)29(36)33-20-5-7-24(22(30)15-20)39-23-9-12-31-26-21(23)6-8-25(27(26)37-4)38-17-19-10-13-34(3)14-11-19/h5-9,12,15,18-19H,10-11,13-14,16-17H2,1-4H3,(H,32,35)(H,33,36). The fraction of sp³-hybridized carbons (Fsp3) is 0.414. The number of likely N-dealkylation sites (tertiary alicyclic amines) is 1. The van der Waals surface area contributed by atoms with E-state index in [1.807, 2.05) is 26.0 Å². The van der Waals surface area contributed by atoms with Crippen molar-refractivity contribution in [3.8, 4) is 23.0 Å². The number of ether oxygens (including phenoxy) is 3. The Balaban J connectivity index is 1.47. The lowest BCUT2D eigenvalue weighted by Gasteiger charge is -2.28. The number of nitrogens with zero attached hydrogens (tertiary/aromatic N) is 2. The largest absolute Gasteiger partial charge is 0.491 e. The summed E-state index contributed by atoms with van der Waals surface area (Å²) in [5.41, 5.74) is 0.671. The number of amides is 2. The van der Waals surface area contributed by atoms with Crippen LogP contribution in [0.4, 0.5) is 10.1 Å². The summed E-state index contributed by atoms with van der Waals surface area (Å²) in [6, 6.07) is 9.21. The van der Waals surface area contributed by atoms with Crippen LogP contribution in [-0.4, -0.2) is 62.1 Å². The quantitative estimate of drug-likeness (QED) is 0.384. The average molecular weight is 539 g/mol. The highest BCUT2D eigenvalue weighted by atomic mass is 19.1. The molecular formula is C29H35FN4O5. The minimum absolute atomic E-state index is 0.0497. The summed E-state index contributed by atoms with van der Waals surface area (Å²) in [5.74, 6) is -0.267. The van der Waals surface area contributed by atoms with Gasteiger partial charge in [0.2, 0.25) is 0 Å². The van der Waals surface area contributed by atoms with Crippen molar-refractivity contribution in [3.63, 3.8) is 0 Å². The molecule has 0 bridgehead atoms. The van der Waals surface area contributed by atoms with Gasteiger partial charge in [0, 0.05) is 29.9 Å². The molecule has 0 saturated carbocycles. The van der Waals surface area contributed by atoms with Crippen molar-refractivity contribution in [3.05, 3.63) is 48.4 Å². The minimum atomic E-state index is -0.871. The van der Waals surface area contributed by atoms with Crippen molar-refractivity contribution in [2.45, 2.75) is 26.7 Å². The second-order valence-corrected chi connectivity index (χ2v) is 10.2. The molecule has 9 nitrogen and oxygen atoms in total. The third-order valence-corrected chi connectivity index (χ3v) is 6.59. The Morgan fingerprint density at radius 2 is 1.82 bits per heavy atom. The van der Waals surface area contributed by atoms with Crippen molar-refractivity contribution < 1.29 is 28.2 Å². The molecule has 1 aliphatic heterocycles. The van der Waals surface area contributed by atoms with Crippen LogP contribution in [0.25, 0.3) is 10.9 Å². The van der Waals surface area contributed by atoms with Crippen LogP contribution in [0.3, 0.4) is 0 Å². The molecule has 208 valence electrons. The van der Waals surface area contributed by atoms with E-state index in [-0.39, 0.29) is 17.4 Å². The monoisotopic (exact) mass is 538 g/mol. The molecule has 0 spiro atoms. The van der Waals surface area contributed by atoms with E-state index < -0.39 is 17.6 Å². The van der Waals surface area contributed by atoms with Gasteiger partial charge >= 0.3 is 11.8 Å². The number of carbonyl (C=O) groups is 2. The zero-order chi connectivity index (χ0) is 27.9. The van der Waals surface area contributed by atoms with E-state index in [1.165, 1.54) is 12.1 Å². The Hall–Kier alpha value is -3.92. The molecule has 0 radical (unpaired) electrons. The number of carbonyl (C=O) groups excluding carboxylic acids is 2. The van der Waals surface area contributed by atoms with E-state index in [2.05, 4.69) is 27.6 Å². The fourth-order valence-corrected chi connectivity index (χ4v) is 4.33. The van der Waals surface area contributed by atoms with Gasteiger partial charge in [0.15, 0.2) is 23.1 Å². The van der Waals surface area contributed by atoms with Crippen LogP contribution in [0.1, 0.15) is 26.7 Å². The zero-order valence-electron chi connectivity index (χ0n) is 22.8. The van der Waals surface area contributed by atoms with Gasteiger partial charge in [-0.1, -0.05) is 13.8 Å². The van der Waals surface area contributed by atoms with Crippen LogP contribution in [0.5, 0.6) is 23.0 Å². The summed E-state index contributed by atoms with van der Waals surface area (Å²) < 4.78 is 32.6. The molecule has 2 aromatic carbocycles. The van der Waals surface area contributed by atoms with Gasteiger partial charge in [-0.2, -0.15) is 0 Å². The molecular weight excluding hydrogens is 503 g/mol. The number of anilines is 1. The topological polar surface area (TPSA) is 102 Å². The van der Waals surface area contributed by atoms with Crippen LogP contribution >= 0.6 is 0 Å². The Bertz CT molecular complexity index is 1320. The highest BCUT2D eigenvalue weighted by molar-refractivity contribution is 6.39. The molecule has 0 aliphatic carbocycles. The Morgan fingerprint density at radius 3 is 2.51 bits per heavy atom. The molecule has 1 fully saturated rings. The predicted molar refractivity (Wildman–Crippen MR) is 147 cm³/mol. The molecule has 2 heterocycles. The van der Waals surface area contributed by atoms with E-state index in [4.69, 9.17) is 14.2 Å². The van der Waals surface area contributed by atoms with Crippen molar-refractivity contribution in [2.75, 3.05) is 45.7 Å². The summed E-state index contributed by atoms with van der Waals surface area (Å²) in [6.07, 6.45) is 3.73. The van der Waals surface area contributed by atoms with Crippen LogP contribution in [-0.2, 0) is 9.59 Å². The maximum absolute atomic E-state index is 14.9. The molecule has 3 aromatic rings. The Kier molecular flexibility index (Phi) is 9.19. The molecule has 39 heavy (non-hydrogen) atoms. The van der Waals surface area contributed by atoms with Crippen LogP contribution < -0.4 is 24.8 Å². The third-order valence-electron chi connectivity index (χ3n) is 6.59. The Morgan fingerprint density at radius 1 is 1.08 bits per heavy atom. The summed E-state index contributed by atoms with van der Waals surface area (Å²) in [6.45, 7) is 6.91. The number of halogens is 1. The van der Waals surface area contributed by atoms with Crippen molar-refractivity contribution in [2.24, 2.45) is 11.8 Å². The third kappa shape index (κ3) is 7.14. The summed E-state index contributed by atoms with van der Waals surface area (Å²) in [7, 11) is 3.69. The smallest absolute Gasteiger partial charge is 0.313 e. The van der Waals surface area contributed by atoms with Crippen molar-refractivity contribution in [1.82, 2.24) is 15.2 Å². The van der Waals surface area contributed by atoms with Gasteiger partial charge in [0.25, 0.3) is 0 Å². The number of hydrogen-bond acceptors (Lipinski definition) is 7. The van der Waals surface area contributed by atoms with Crippen LogP contribution in [0.15, 0.2) is 42.6 Å². The first-order valence-electron chi connectivity index (χ1n) is 13.1. The van der Waals surface area contributed by atoms with Gasteiger partial charge in [0.1, 0.15) is 11.3 Å². The zero-order valence-corrected chi connectivity index (χ0v) is 22.8. The summed E-state index contributed by atoms with van der Waals surface area (Å²) in [5, 5.41) is 5.54. The van der Waals surface area contributed by atoms with Crippen molar-refractivity contribution in [1.29, 1.82) is 0 Å². The molecule has 0 unspecified atom stereocenters. The molecule has 1 aliphatic rings. The number of nitrogens with one attached hydrogen (secondary N) is 2. The van der Waals surface area contributed by atoms with Crippen LogP contribution in [0, 0.1) is 17.7 Å². The number of fused-ring (bicyclic) bond motifs is 1.